The molecule has 2 rings (SSSR count). The summed E-state index contributed by atoms with van der Waals surface area (Å²) >= 11 is 1.40. The SMILES string of the molecule is BOc1noc(C(C)=O)c1Sc1ccccc1. The van der Waals surface area contributed by atoms with Crippen LogP contribution >= 0.6 is 11.8 Å². The maximum absolute atomic E-state index is 11.4. The summed E-state index contributed by atoms with van der Waals surface area (Å²) in [4.78, 5) is 13.0. The Hall–Kier alpha value is -1.69. The molecule has 0 aliphatic carbocycles. The number of nitrogens with zero attached hydrogens (tertiary/aromatic N) is 1. The zero-order valence-electron chi connectivity index (χ0n) is 9.47. The van der Waals surface area contributed by atoms with E-state index >= 15 is 0 Å². The van der Waals surface area contributed by atoms with Crippen molar-refractivity contribution >= 4 is 25.6 Å². The summed E-state index contributed by atoms with van der Waals surface area (Å²) < 4.78 is 10.0. The maximum Gasteiger partial charge on any atom is 0.324 e. The molecule has 1 heterocycles. The Balaban J connectivity index is 2.37. The van der Waals surface area contributed by atoms with Crippen LogP contribution in [0, 0.1) is 0 Å². The Morgan fingerprint density at radius 2 is 2.12 bits per heavy atom. The molecule has 0 unspecified atom stereocenters. The standard InChI is InChI=1S/C11H10BNO3S/c1-7(14)9-10(11(15-12)13-16-9)17-8-5-3-2-4-6-8/h2-6H,12H2,1H3. The zero-order chi connectivity index (χ0) is 12.3. The summed E-state index contributed by atoms with van der Waals surface area (Å²) in [6.07, 6.45) is 0. The number of carbonyl (C=O) groups is 1. The van der Waals surface area contributed by atoms with Crippen LogP contribution in [0.15, 0.2) is 44.6 Å². The quantitative estimate of drug-likeness (QED) is 0.610. The van der Waals surface area contributed by atoms with Gasteiger partial charge in [-0.2, -0.15) is 0 Å². The summed E-state index contributed by atoms with van der Waals surface area (Å²) in [7, 11) is 1.50. The van der Waals surface area contributed by atoms with Crippen LogP contribution in [0.1, 0.15) is 17.5 Å². The Kier molecular flexibility index (Phi) is 3.53. The molecule has 0 aliphatic heterocycles. The van der Waals surface area contributed by atoms with E-state index in [1.807, 2.05) is 30.3 Å². The van der Waals surface area contributed by atoms with Crippen molar-refractivity contribution in [1.29, 1.82) is 0 Å². The van der Waals surface area contributed by atoms with Gasteiger partial charge in [-0.05, 0) is 17.3 Å². The molecule has 4 nitrogen and oxygen atoms in total. The second-order valence-corrected chi connectivity index (χ2v) is 4.41. The third-order valence-electron chi connectivity index (χ3n) is 2.10. The molecule has 1 aromatic carbocycles. The van der Waals surface area contributed by atoms with Crippen LogP contribution < -0.4 is 4.65 Å². The van der Waals surface area contributed by atoms with Crippen LogP contribution in [0.5, 0.6) is 5.88 Å². The van der Waals surface area contributed by atoms with Crippen molar-refractivity contribution in [3.8, 4) is 5.88 Å². The lowest BCUT2D eigenvalue weighted by Crippen LogP contribution is -1.92. The first kappa shape index (κ1) is 11.8. The van der Waals surface area contributed by atoms with E-state index in [1.54, 1.807) is 0 Å². The number of benzene rings is 1. The van der Waals surface area contributed by atoms with Crippen LogP contribution in [0.25, 0.3) is 0 Å². The number of ketones is 1. The maximum atomic E-state index is 11.4. The molecule has 0 N–H and O–H groups in total. The van der Waals surface area contributed by atoms with E-state index in [2.05, 4.69) is 5.16 Å². The molecule has 1 aromatic heterocycles. The number of carbonyl (C=O) groups excluding carboxylic acids is 1. The second kappa shape index (κ2) is 5.10. The first-order valence-corrected chi connectivity index (χ1v) is 5.81. The lowest BCUT2D eigenvalue weighted by atomic mass is 10.3. The average molecular weight is 247 g/mol. The van der Waals surface area contributed by atoms with Crippen molar-refractivity contribution in [3.05, 3.63) is 36.1 Å². The van der Waals surface area contributed by atoms with E-state index in [0.29, 0.717) is 10.8 Å². The smallest absolute Gasteiger partial charge is 0.324 e. The Morgan fingerprint density at radius 3 is 2.71 bits per heavy atom. The van der Waals surface area contributed by atoms with Crippen molar-refractivity contribution in [1.82, 2.24) is 5.16 Å². The predicted molar refractivity (Wildman–Crippen MR) is 66.2 cm³/mol. The van der Waals surface area contributed by atoms with Gasteiger partial charge in [0.1, 0.15) is 4.90 Å². The van der Waals surface area contributed by atoms with E-state index in [0.717, 1.165) is 4.90 Å². The normalized spacial score (nSPS) is 10.2. The van der Waals surface area contributed by atoms with Gasteiger partial charge in [-0.25, -0.2) is 0 Å². The average Bonchev–Trinajstić information content (AvgIpc) is 2.73. The van der Waals surface area contributed by atoms with Gasteiger partial charge in [-0.3, -0.25) is 4.79 Å². The van der Waals surface area contributed by atoms with Crippen LogP contribution in [0.4, 0.5) is 0 Å². The minimum absolute atomic E-state index is 0.167. The Morgan fingerprint density at radius 1 is 1.41 bits per heavy atom. The monoisotopic (exact) mass is 247 g/mol. The third-order valence-corrected chi connectivity index (χ3v) is 3.17. The minimum Gasteiger partial charge on any atom is -0.552 e. The molecule has 17 heavy (non-hydrogen) atoms. The van der Waals surface area contributed by atoms with Crippen molar-refractivity contribution in [2.24, 2.45) is 0 Å². The highest BCUT2D eigenvalue weighted by atomic mass is 32.2. The molecule has 0 aliphatic rings. The van der Waals surface area contributed by atoms with Crippen molar-refractivity contribution in [3.63, 3.8) is 0 Å². The first-order valence-electron chi connectivity index (χ1n) is 5.00. The van der Waals surface area contributed by atoms with E-state index in [9.17, 15) is 4.79 Å². The zero-order valence-corrected chi connectivity index (χ0v) is 10.3. The van der Waals surface area contributed by atoms with Crippen LogP contribution in [0.2, 0.25) is 0 Å². The molecule has 0 bridgehead atoms. The van der Waals surface area contributed by atoms with Crippen molar-refractivity contribution in [2.45, 2.75) is 16.7 Å². The summed E-state index contributed by atoms with van der Waals surface area (Å²) in [6.45, 7) is 1.44. The van der Waals surface area contributed by atoms with Gasteiger partial charge in [-0.15, -0.1) is 0 Å². The van der Waals surface area contributed by atoms with Crippen molar-refractivity contribution < 1.29 is 14.0 Å². The number of aromatic nitrogens is 1. The van der Waals surface area contributed by atoms with E-state index in [1.165, 1.54) is 26.7 Å². The summed E-state index contributed by atoms with van der Waals surface area (Å²) in [5, 5.41) is 3.71. The molecule has 2 aromatic rings. The highest BCUT2D eigenvalue weighted by Crippen LogP contribution is 2.37. The number of hydrogen-bond donors (Lipinski definition) is 0. The number of hydrogen-bond acceptors (Lipinski definition) is 5. The molecule has 0 saturated heterocycles. The molecule has 6 heteroatoms. The number of Topliss-reactive ketones (excluding diaryl/α,β-unsaturated/α-hetero) is 1. The van der Waals surface area contributed by atoms with Gasteiger partial charge < -0.3 is 9.18 Å². The molecule has 0 spiro atoms. The van der Waals surface area contributed by atoms with Gasteiger partial charge in [0.25, 0.3) is 5.88 Å². The van der Waals surface area contributed by atoms with Gasteiger partial charge in [0.15, 0.2) is 5.78 Å². The minimum atomic E-state index is -0.167. The summed E-state index contributed by atoms with van der Waals surface area (Å²) in [5.41, 5.74) is 0. The van der Waals surface area contributed by atoms with E-state index < -0.39 is 0 Å². The lowest BCUT2D eigenvalue weighted by molar-refractivity contribution is 0.0974. The highest BCUT2D eigenvalue weighted by molar-refractivity contribution is 7.99. The molecule has 86 valence electrons. The van der Waals surface area contributed by atoms with Crippen molar-refractivity contribution in [2.75, 3.05) is 0 Å². The fourth-order valence-electron chi connectivity index (χ4n) is 1.32. The Labute approximate surface area is 104 Å². The van der Waals surface area contributed by atoms with Gasteiger partial charge in [0.2, 0.25) is 5.76 Å². The number of rotatable bonds is 4. The highest BCUT2D eigenvalue weighted by Gasteiger charge is 2.20. The van der Waals surface area contributed by atoms with Crippen LogP contribution in [-0.2, 0) is 0 Å². The van der Waals surface area contributed by atoms with E-state index in [4.69, 9.17) is 9.18 Å². The molecule has 0 atom stereocenters. The predicted octanol–water partition coefficient (Wildman–Crippen LogP) is 1.96. The topological polar surface area (TPSA) is 52.3 Å². The fourth-order valence-corrected chi connectivity index (χ4v) is 2.33. The fraction of sp³-hybridized carbons (Fsp3) is 0.0909. The molecule has 0 fully saturated rings. The van der Waals surface area contributed by atoms with Crippen LogP contribution in [0.3, 0.4) is 0 Å². The first-order chi connectivity index (χ1) is 8.22. The molecule has 0 amide bonds. The summed E-state index contributed by atoms with van der Waals surface area (Å²) in [5.74, 6) is 0.402. The van der Waals surface area contributed by atoms with Gasteiger partial charge in [0.05, 0.1) is 0 Å². The molecular formula is C11H10BNO3S. The summed E-state index contributed by atoms with van der Waals surface area (Å²) in [6, 6.07) is 9.67. The molecule has 0 saturated carbocycles. The van der Waals surface area contributed by atoms with Gasteiger partial charge >= 0.3 is 8.05 Å². The van der Waals surface area contributed by atoms with Gasteiger partial charge in [-0.1, -0.05) is 30.0 Å². The second-order valence-electron chi connectivity index (χ2n) is 3.32. The van der Waals surface area contributed by atoms with Crippen LogP contribution in [-0.4, -0.2) is 19.0 Å². The lowest BCUT2D eigenvalue weighted by Gasteiger charge is -2.01. The third kappa shape index (κ3) is 2.53. The van der Waals surface area contributed by atoms with E-state index in [-0.39, 0.29) is 11.5 Å². The van der Waals surface area contributed by atoms with Gasteiger partial charge in [0, 0.05) is 11.8 Å². The Bertz CT molecular complexity index is 527. The largest absolute Gasteiger partial charge is 0.552 e. The molecule has 0 radical (unpaired) electrons. The molecular weight excluding hydrogens is 237 g/mol.